The van der Waals surface area contributed by atoms with Crippen LogP contribution in [-0.2, 0) is 16.0 Å². The van der Waals surface area contributed by atoms with Gasteiger partial charge in [0.2, 0.25) is 0 Å². The number of benzene rings is 2. The first-order chi connectivity index (χ1) is 12.1. The lowest BCUT2D eigenvalue weighted by Crippen LogP contribution is -2.31. The first kappa shape index (κ1) is 17.0. The lowest BCUT2D eigenvalue weighted by molar-refractivity contribution is -0.146. The molecule has 0 bridgehead atoms. The number of carbonyl (C=O) groups excluding carboxylic acids is 2. The fourth-order valence-electron chi connectivity index (χ4n) is 3.09. The molecule has 1 aliphatic rings. The first-order valence-electron chi connectivity index (χ1n) is 8.41. The fraction of sp³-hybridized carbons (Fsp3) is 0.238. The number of fused-ring (bicyclic) bond motifs is 1. The van der Waals surface area contributed by atoms with E-state index < -0.39 is 5.92 Å². The molecule has 4 heteroatoms. The minimum atomic E-state index is -0.438. The molecule has 25 heavy (non-hydrogen) atoms. The third-order valence-corrected chi connectivity index (χ3v) is 4.37. The molecule has 1 unspecified atom stereocenters. The topological polar surface area (TPSA) is 46.6 Å². The fourth-order valence-corrected chi connectivity index (χ4v) is 3.09. The molecule has 0 fully saturated rings. The zero-order valence-corrected chi connectivity index (χ0v) is 14.4. The summed E-state index contributed by atoms with van der Waals surface area (Å²) in [6, 6.07) is 17.1. The van der Waals surface area contributed by atoms with Gasteiger partial charge in [0.15, 0.2) is 0 Å². The summed E-state index contributed by atoms with van der Waals surface area (Å²) in [5, 5.41) is 0. The van der Waals surface area contributed by atoms with Gasteiger partial charge in [-0.05, 0) is 36.6 Å². The van der Waals surface area contributed by atoms with Crippen molar-refractivity contribution in [3.05, 3.63) is 77.4 Å². The van der Waals surface area contributed by atoms with Crippen molar-refractivity contribution in [1.82, 2.24) is 4.90 Å². The van der Waals surface area contributed by atoms with Crippen LogP contribution in [0, 0.1) is 5.92 Å². The van der Waals surface area contributed by atoms with Crippen molar-refractivity contribution in [2.24, 2.45) is 5.92 Å². The summed E-state index contributed by atoms with van der Waals surface area (Å²) >= 11 is 0. The number of amides is 1. The highest BCUT2D eigenvalue weighted by molar-refractivity contribution is 6.01. The van der Waals surface area contributed by atoms with Crippen LogP contribution in [0.5, 0.6) is 0 Å². The van der Waals surface area contributed by atoms with Crippen molar-refractivity contribution in [1.29, 1.82) is 0 Å². The van der Waals surface area contributed by atoms with Gasteiger partial charge in [-0.25, -0.2) is 0 Å². The smallest absolute Gasteiger partial charge is 0.313 e. The molecular weight excluding hydrogens is 314 g/mol. The van der Waals surface area contributed by atoms with Gasteiger partial charge in [0, 0.05) is 18.3 Å². The van der Waals surface area contributed by atoms with Crippen LogP contribution >= 0.6 is 0 Å². The number of ether oxygens (including phenoxy) is 1. The zero-order chi connectivity index (χ0) is 17.8. The van der Waals surface area contributed by atoms with Crippen LogP contribution in [0.1, 0.15) is 28.4 Å². The highest BCUT2D eigenvalue weighted by atomic mass is 16.5. The van der Waals surface area contributed by atoms with E-state index in [0.29, 0.717) is 18.6 Å². The maximum Gasteiger partial charge on any atom is 0.313 e. The molecule has 1 amide bonds. The standard InChI is InChI=1S/C21H21NO3/c1-3-25-21(24)17-13-16-11-7-8-12-18(16)20(23)22(2)19(14-17)15-9-5-4-6-10-15/h4-12,14,17H,3,13H2,1-2H3/b19-14-. The van der Waals surface area contributed by atoms with Crippen molar-refractivity contribution in [3.8, 4) is 0 Å². The van der Waals surface area contributed by atoms with E-state index in [-0.39, 0.29) is 11.9 Å². The Morgan fingerprint density at radius 2 is 1.80 bits per heavy atom. The molecule has 2 aromatic carbocycles. The van der Waals surface area contributed by atoms with Crippen molar-refractivity contribution in [2.45, 2.75) is 13.3 Å². The summed E-state index contributed by atoms with van der Waals surface area (Å²) in [5.41, 5.74) is 3.10. The molecule has 4 nitrogen and oxygen atoms in total. The van der Waals surface area contributed by atoms with Crippen molar-refractivity contribution >= 4 is 17.6 Å². The third-order valence-electron chi connectivity index (χ3n) is 4.37. The van der Waals surface area contributed by atoms with Gasteiger partial charge in [-0.1, -0.05) is 48.5 Å². The zero-order valence-electron chi connectivity index (χ0n) is 14.4. The van der Waals surface area contributed by atoms with E-state index in [1.807, 2.05) is 60.7 Å². The summed E-state index contributed by atoms with van der Waals surface area (Å²) in [6.07, 6.45) is 2.30. The monoisotopic (exact) mass is 335 g/mol. The third kappa shape index (κ3) is 3.48. The molecule has 128 valence electrons. The van der Waals surface area contributed by atoms with E-state index in [0.717, 1.165) is 16.8 Å². The number of hydrogen-bond donors (Lipinski definition) is 0. The average Bonchev–Trinajstić information content (AvgIpc) is 2.64. The molecule has 1 heterocycles. The van der Waals surface area contributed by atoms with Gasteiger partial charge in [0.05, 0.1) is 12.5 Å². The van der Waals surface area contributed by atoms with Crippen LogP contribution in [0.2, 0.25) is 0 Å². The Labute approximate surface area is 147 Å². The average molecular weight is 335 g/mol. The Kier molecular flexibility index (Phi) is 4.98. The number of esters is 1. The molecule has 0 spiro atoms. The van der Waals surface area contributed by atoms with Gasteiger partial charge in [0.1, 0.15) is 0 Å². The predicted molar refractivity (Wildman–Crippen MR) is 96.8 cm³/mol. The number of rotatable bonds is 3. The molecule has 0 saturated carbocycles. The normalized spacial score (nSPS) is 19.3. The van der Waals surface area contributed by atoms with Gasteiger partial charge in [-0.2, -0.15) is 0 Å². The lowest BCUT2D eigenvalue weighted by Gasteiger charge is -2.27. The molecule has 2 aromatic rings. The van der Waals surface area contributed by atoms with E-state index in [4.69, 9.17) is 4.74 Å². The van der Waals surface area contributed by atoms with Crippen LogP contribution in [0.25, 0.3) is 5.70 Å². The highest BCUT2D eigenvalue weighted by Gasteiger charge is 2.28. The van der Waals surface area contributed by atoms with Crippen LogP contribution < -0.4 is 0 Å². The van der Waals surface area contributed by atoms with Crippen molar-refractivity contribution in [3.63, 3.8) is 0 Å². The summed E-state index contributed by atoms with van der Waals surface area (Å²) < 4.78 is 5.25. The van der Waals surface area contributed by atoms with Crippen LogP contribution in [0.15, 0.2) is 60.7 Å². The Bertz CT molecular complexity index is 811. The van der Waals surface area contributed by atoms with E-state index in [2.05, 4.69) is 0 Å². The van der Waals surface area contributed by atoms with Gasteiger partial charge in [0.25, 0.3) is 5.91 Å². The number of carbonyl (C=O) groups is 2. The van der Waals surface area contributed by atoms with Gasteiger partial charge in [-0.3, -0.25) is 9.59 Å². The molecule has 1 aliphatic heterocycles. The summed E-state index contributed by atoms with van der Waals surface area (Å²) in [4.78, 5) is 27.0. The van der Waals surface area contributed by atoms with Gasteiger partial charge in [-0.15, -0.1) is 0 Å². The second-order valence-electron chi connectivity index (χ2n) is 6.00. The second kappa shape index (κ2) is 7.34. The SMILES string of the molecule is CCOC(=O)C1/C=C(/c2ccccc2)N(C)C(=O)c2ccccc2C1. The number of hydrogen-bond acceptors (Lipinski definition) is 3. The van der Waals surface area contributed by atoms with E-state index >= 15 is 0 Å². The van der Waals surface area contributed by atoms with Gasteiger partial charge >= 0.3 is 5.97 Å². The molecule has 0 saturated heterocycles. The molecule has 0 radical (unpaired) electrons. The second-order valence-corrected chi connectivity index (χ2v) is 6.00. The molecule has 3 rings (SSSR count). The van der Waals surface area contributed by atoms with Crippen LogP contribution in [-0.4, -0.2) is 30.4 Å². The van der Waals surface area contributed by atoms with E-state index in [1.54, 1.807) is 18.9 Å². The van der Waals surface area contributed by atoms with Crippen molar-refractivity contribution in [2.75, 3.05) is 13.7 Å². The summed E-state index contributed by atoms with van der Waals surface area (Å²) in [6.45, 7) is 2.13. The summed E-state index contributed by atoms with van der Waals surface area (Å²) in [7, 11) is 1.74. The Morgan fingerprint density at radius 3 is 2.52 bits per heavy atom. The number of nitrogens with zero attached hydrogens (tertiary/aromatic N) is 1. The molecule has 0 aromatic heterocycles. The first-order valence-corrected chi connectivity index (χ1v) is 8.41. The maximum absolute atomic E-state index is 12.9. The minimum Gasteiger partial charge on any atom is -0.466 e. The Hall–Kier alpha value is -2.88. The lowest BCUT2D eigenvalue weighted by atomic mass is 9.91. The molecule has 0 aliphatic carbocycles. The highest BCUT2D eigenvalue weighted by Crippen LogP contribution is 2.28. The maximum atomic E-state index is 12.9. The predicted octanol–water partition coefficient (Wildman–Crippen LogP) is 3.54. The van der Waals surface area contributed by atoms with E-state index in [1.165, 1.54) is 0 Å². The van der Waals surface area contributed by atoms with Crippen LogP contribution in [0.4, 0.5) is 0 Å². The molecular formula is C21H21NO3. The largest absolute Gasteiger partial charge is 0.466 e. The minimum absolute atomic E-state index is 0.0759. The van der Waals surface area contributed by atoms with Crippen LogP contribution in [0.3, 0.4) is 0 Å². The Morgan fingerprint density at radius 1 is 1.12 bits per heavy atom. The van der Waals surface area contributed by atoms with E-state index in [9.17, 15) is 9.59 Å². The van der Waals surface area contributed by atoms with Crippen molar-refractivity contribution < 1.29 is 14.3 Å². The Balaban J connectivity index is 2.12. The summed E-state index contributed by atoms with van der Waals surface area (Å²) in [5.74, 6) is -0.784. The van der Waals surface area contributed by atoms with Gasteiger partial charge < -0.3 is 9.64 Å². The molecule has 0 N–H and O–H groups in total. The molecule has 1 atom stereocenters. The quantitative estimate of drug-likeness (QED) is 0.806.